The summed E-state index contributed by atoms with van der Waals surface area (Å²) in [5.74, 6) is 0. The van der Waals surface area contributed by atoms with E-state index in [2.05, 4.69) is 9.97 Å². The van der Waals surface area contributed by atoms with Gasteiger partial charge >= 0.3 is 0 Å². The summed E-state index contributed by atoms with van der Waals surface area (Å²) in [4.78, 5) is 8.17. The maximum Gasteiger partial charge on any atom is 0.131 e. The quantitative estimate of drug-likeness (QED) is 0.580. The number of hydrogen-bond donors (Lipinski definition) is 0. The summed E-state index contributed by atoms with van der Waals surface area (Å²) >= 11 is 5.72. The topological polar surface area (TPSA) is 25.8 Å². The van der Waals surface area contributed by atoms with Gasteiger partial charge in [-0.05, 0) is 18.6 Å². The van der Waals surface area contributed by atoms with Crippen LogP contribution in [0.2, 0.25) is 5.15 Å². The third kappa shape index (κ3) is 1.14. The Morgan fingerprint density at radius 2 is 2.17 bits per heavy atom. The number of aryl methyl sites for hydroxylation is 1. The van der Waals surface area contributed by atoms with E-state index in [-0.39, 0.29) is 0 Å². The molecular weight excluding hydrogens is 172 g/mol. The van der Waals surface area contributed by atoms with Crippen LogP contribution in [-0.4, -0.2) is 9.97 Å². The van der Waals surface area contributed by atoms with Crippen molar-refractivity contribution in [3.63, 3.8) is 0 Å². The summed E-state index contributed by atoms with van der Waals surface area (Å²) in [7, 11) is 0. The van der Waals surface area contributed by atoms with Crippen LogP contribution in [0.4, 0.5) is 0 Å². The van der Waals surface area contributed by atoms with Crippen molar-refractivity contribution in [3.05, 3.63) is 35.2 Å². The van der Waals surface area contributed by atoms with E-state index in [1.165, 1.54) is 5.56 Å². The van der Waals surface area contributed by atoms with Gasteiger partial charge in [-0.1, -0.05) is 11.6 Å². The molecular formula is C9H7ClN2. The fourth-order valence-corrected chi connectivity index (χ4v) is 1.30. The second-order valence-corrected chi connectivity index (χ2v) is 3.04. The summed E-state index contributed by atoms with van der Waals surface area (Å²) in [5.41, 5.74) is 2.07. The Labute approximate surface area is 75.2 Å². The van der Waals surface area contributed by atoms with Gasteiger partial charge in [-0.2, -0.15) is 0 Å². The van der Waals surface area contributed by atoms with Crippen molar-refractivity contribution >= 4 is 22.5 Å². The number of fused-ring (bicyclic) bond motifs is 1. The molecule has 2 aromatic heterocycles. The molecule has 0 N–H and O–H groups in total. The van der Waals surface area contributed by atoms with Gasteiger partial charge in [-0.3, -0.25) is 4.98 Å². The molecule has 2 heterocycles. The summed E-state index contributed by atoms with van der Waals surface area (Å²) in [5, 5.41) is 1.54. The summed E-state index contributed by atoms with van der Waals surface area (Å²) in [6.07, 6.45) is 3.52. The third-order valence-electron chi connectivity index (χ3n) is 1.81. The Morgan fingerprint density at radius 1 is 1.33 bits per heavy atom. The van der Waals surface area contributed by atoms with E-state index < -0.39 is 0 Å². The van der Waals surface area contributed by atoms with Gasteiger partial charge in [-0.25, -0.2) is 4.98 Å². The lowest BCUT2D eigenvalue weighted by Crippen LogP contribution is -1.83. The minimum atomic E-state index is 0.487. The summed E-state index contributed by atoms with van der Waals surface area (Å²) < 4.78 is 0. The molecule has 0 atom stereocenters. The van der Waals surface area contributed by atoms with Gasteiger partial charge in [0.2, 0.25) is 0 Å². The zero-order chi connectivity index (χ0) is 8.55. The van der Waals surface area contributed by atoms with Gasteiger partial charge in [-0.15, -0.1) is 0 Å². The number of rotatable bonds is 0. The van der Waals surface area contributed by atoms with Gasteiger partial charge in [0.1, 0.15) is 5.15 Å². The second-order valence-electron chi connectivity index (χ2n) is 2.65. The maximum atomic E-state index is 5.72. The molecule has 2 nitrogen and oxygen atoms in total. The molecule has 2 aromatic rings. The standard InChI is InChI=1S/C9H7ClN2/c1-6-2-3-11-8-4-9(10)12-5-7(6)8/h2-5H,1H3. The van der Waals surface area contributed by atoms with Gasteiger partial charge in [0.25, 0.3) is 0 Å². The number of nitrogens with zero attached hydrogens (tertiary/aromatic N) is 2. The van der Waals surface area contributed by atoms with Crippen LogP contribution in [0.15, 0.2) is 24.5 Å². The maximum absolute atomic E-state index is 5.72. The molecule has 0 aliphatic carbocycles. The zero-order valence-corrected chi connectivity index (χ0v) is 7.34. The second kappa shape index (κ2) is 2.72. The average Bonchev–Trinajstić information content (AvgIpc) is 2.04. The molecule has 0 spiro atoms. The van der Waals surface area contributed by atoms with E-state index in [0.29, 0.717) is 5.15 Å². The van der Waals surface area contributed by atoms with Crippen molar-refractivity contribution in [1.82, 2.24) is 9.97 Å². The molecule has 0 radical (unpaired) electrons. The lowest BCUT2D eigenvalue weighted by Gasteiger charge is -1.99. The largest absolute Gasteiger partial charge is 0.256 e. The van der Waals surface area contributed by atoms with Crippen molar-refractivity contribution in [2.24, 2.45) is 0 Å². The van der Waals surface area contributed by atoms with E-state index in [1.54, 1.807) is 18.5 Å². The first-order valence-electron chi connectivity index (χ1n) is 3.64. The van der Waals surface area contributed by atoms with Crippen LogP contribution in [0.1, 0.15) is 5.56 Å². The number of aromatic nitrogens is 2. The molecule has 2 rings (SSSR count). The zero-order valence-electron chi connectivity index (χ0n) is 6.58. The van der Waals surface area contributed by atoms with Crippen LogP contribution in [-0.2, 0) is 0 Å². The Hall–Kier alpha value is -1.15. The Morgan fingerprint density at radius 3 is 3.00 bits per heavy atom. The Bertz CT molecular complexity index is 426. The molecule has 12 heavy (non-hydrogen) atoms. The monoisotopic (exact) mass is 178 g/mol. The molecule has 3 heteroatoms. The lowest BCUT2D eigenvalue weighted by molar-refractivity contribution is 1.30. The van der Waals surface area contributed by atoms with Gasteiger partial charge in [0, 0.05) is 23.8 Å². The summed E-state index contributed by atoms with van der Waals surface area (Å²) in [6, 6.07) is 3.72. The van der Waals surface area contributed by atoms with Crippen molar-refractivity contribution in [3.8, 4) is 0 Å². The van der Waals surface area contributed by atoms with Crippen LogP contribution in [0.25, 0.3) is 10.9 Å². The molecule has 0 amide bonds. The van der Waals surface area contributed by atoms with Crippen molar-refractivity contribution in [1.29, 1.82) is 0 Å². The molecule has 0 saturated heterocycles. The van der Waals surface area contributed by atoms with Crippen LogP contribution in [0, 0.1) is 6.92 Å². The van der Waals surface area contributed by atoms with E-state index in [0.717, 1.165) is 10.9 Å². The number of halogens is 1. The smallest absolute Gasteiger partial charge is 0.131 e. The van der Waals surface area contributed by atoms with Crippen LogP contribution >= 0.6 is 11.6 Å². The highest BCUT2D eigenvalue weighted by atomic mass is 35.5. The van der Waals surface area contributed by atoms with Crippen LogP contribution in [0.5, 0.6) is 0 Å². The molecule has 0 aliphatic rings. The Kier molecular flexibility index (Phi) is 1.70. The van der Waals surface area contributed by atoms with Gasteiger partial charge < -0.3 is 0 Å². The number of pyridine rings is 2. The van der Waals surface area contributed by atoms with E-state index in [9.17, 15) is 0 Å². The van der Waals surface area contributed by atoms with Crippen molar-refractivity contribution < 1.29 is 0 Å². The highest BCUT2D eigenvalue weighted by Crippen LogP contribution is 2.17. The average molecular weight is 179 g/mol. The lowest BCUT2D eigenvalue weighted by atomic mass is 10.2. The third-order valence-corrected chi connectivity index (χ3v) is 2.02. The van der Waals surface area contributed by atoms with Gasteiger partial charge in [0.05, 0.1) is 5.52 Å². The predicted octanol–water partition coefficient (Wildman–Crippen LogP) is 2.59. The number of hydrogen-bond acceptors (Lipinski definition) is 2. The first-order chi connectivity index (χ1) is 5.77. The van der Waals surface area contributed by atoms with Gasteiger partial charge in [0.15, 0.2) is 0 Å². The SMILES string of the molecule is Cc1ccnc2cc(Cl)ncc12. The fourth-order valence-electron chi connectivity index (χ4n) is 1.15. The molecule has 0 fully saturated rings. The van der Waals surface area contributed by atoms with Crippen LogP contribution < -0.4 is 0 Å². The Balaban J connectivity index is 2.86. The van der Waals surface area contributed by atoms with Crippen molar-refractivity contribution in [2.75, 3.05) is 0 Å². The molecule has 60 valence electrons. The first-order valence-corrected chi connectivity index (χ1v) is 4.02. The molecule has 0 bridgehead atoms. The van der Waals surface area contributed by atoms with Crippen LogP contribution in [0.3, 0.4) is 0 Å². The highest BCUT2D eigenvalue weighted by Gasteiger charge is 1.98. The first kappa shape index (κ1) is 7.50. The normalized spacial score (nSPS) is 10.5. The molecule has 0 aliphatic heterocycles. The highest BCUT2D eigenvalue weighted by molar-refractivity contribution is 6.30. The van der Waals surface area contributed by atoms with Crippen molar-refractivity contribution in [2.45, 2.75) is 6.92 Å². The minimum Gasteiger partial charge on any atom is -0.256 e. The molecule has 0 saturated carbocycles. The predicted molar refractivity (Wildman–Crippen MR) is 49.3 cm³/mol. The van der Waals surface area contributed by atoms with E-state index in [4.69, 9.17) is 11.6 Å². The summed E-state index contributed by atoms with van der Waals surface area (Å²) in [6.45, 7) is 2.03. The molecule has 0 aromatic carbocycles. The molecule has 0 unspecified atom stereocenters. The fraction of sp³-hybridized carbons (Fsp3) is 0.111. The van der Waals surface area contributed by atoms with E-state index >= 15 is 0 Å². The minimum absolute atomic E-state index is 0.487. The van der Waals surface area contributed by atoms with E-state index in [1.807, 2.05) is 13.0 Å².